The Kier molecular flexibility index (Phi) is 3.76. The molecule has 4 bridgehead atoms. The Balaban J connectivity index is 1.74. The largest absolute Gasteiger partial charge is 0.376 e. The van der Waals surface area contributed by atoms with Gasteiger partial charge in [0.05, 0.1) is 23.5 Å². The minimum atomic E-state index is -1.13. The number of Topliss-reactive ketones (excluding diaryl/α,β-unsaturated/α-hetero) is 3. The first kappa shape index (κ1) is 18.7. The highest BCUT2D eigenvalue weighted by molar-refractivity contribution is 6.19. The molecule has 6 fully saturated rings. The van der Waals surface area contributed by atoms with Crippen molar-refractivity contribution >= 4 is 17.3 Å². The summed E-state index contributed by atoms with van der Waals surface area (Å²) in [5.41, 5.74) is -1.70. The predicted octanol–water partition coefficient (Wildman–Crippen LogP) is 2.91. The van der Waals surface area contributed by atoms with Gasteiger partial charge in [-0.15, -0.1) is 0 Å². The number of carbonyl (C=O) groups is 3. The van der Waals surface area contributed by atoms with Crippen LogP contribution in [0.2, 0.25) is 0 Å². The van der Waals surface area contributed by atoms with Gasteiger partial charge in [0.1, 0.15) is 11.9 Å². The molecule has 4 saturated carbocycles. The van der Waals surface area contributed by atoms with Gasteiger partial charge < -0.3 is 9.47 Å². The number of ketones is 3. The lowest BCUT2D eigenvalue weighted by Crippen LogP contribution is -2.77. The fourth-order valence-corrected chi connectivity index (χ4v) is 7.68. The van der Waals surface area contributed by atoms with Crippen molar-refractivity contribution in [2.24, 2.45) is 34.0 Å². The zero-order valence-corrected chi connectivity index (χ0v) is 17.1. The van der Waals surface area contributed by atoms with E-state index in [0.717, 1.165) is 12.8 Å². The lowest BCUT2D eigenvalue weighted by molar-refractivity contribution is -0.272. The van der Waals surface area contributed by atoms with E-state index in [0.29, 0.717) is 38.0 Å². The van der Waals surface area contributed by atoms with Gasteiger partial charge in [-0.3, -0.25) is 14.4 Å². The van der Waals surface area contributed by atoms with Crippen LogP contribution in [0.3, 0.4) is 0 Å². The molecular formula is C23H30O5. The summed E-state index contributed by atoms with van der Waals surface area (Å²) < 4.78 is 12.4. The van der Waals surface area contributed by atoms with Crippen molar-refractivity contribution in [3.8, 4) is 0 Å². The highest BCUT2D eigenvalue weighted by Gasteiger charge is 2.79. The summed E-state index contributed by atoms with van der Waals surface area (Å²) in [6, 6.07) is 0. The molecular weight excluding hydrogens is 356 g/mol. The second kappa shape index (κ2) is 5.63. The standard InChI is InChI=1S/C23H30O5/c1-5-8-27-17-18-21(3,4)16-9-15(24)23(18,11-28-16)14-7-6-13-10-22(14,20(17)26)19(25)12(13)2/h13-14,16-18H,2,5-11H2,1,3-4H3/t13-,14-,16-,17+,18-,22+,23-/m1/s1. The van der Waals surface area contributed by atoms with Crippen molar-refractivity contribution in [2.45, 2.75) is 65.1 Å². The maximum Gasteiger partial charge on any atom is 0.176 e. The molecule has 0 radical (unpaired) electrons. The van der Waals surface area contributed by atoms with Gasteiger partial charge >= 0.3 is 0 Å². The van der Waals surface area contributed by atoms with Crippen molar-refractivity contribution in [3.05, 3.63) is 12.2 Å². The van der Waals surface area contributed by atoms with Gasteiger partial charge in [0.15, 0.2) is 11.6 Å². The van der Waals surface area contributed by atoms with E-state index < -0.39 is 16.9 Å². The molecule has 2 aliphatic heterocycles. The third-order valence-corrected chi connectivity index (χ3v) is 8.88. The first-order chi connectivity index (χ1) is 13.2. The van der Waals surface area contributed by atoms with Crippen LogP contribution < -0.4 is 0 Å². The smallest absolute Gasteiger partial charge is 0.176 e. The Morgan fingerprint density at radius 2 is 1.96 bits per heavy atom. The van der Waals surface area contributed by atoms with Gasteiger partial charge in [0.25, 0.3) is 0 Å². The molecule has 0 unspecified atom stereocenters. The van der Waals surface area contributed by atoms with E-state index in [1.165, 1.54) is 0 Å². The predicted molar refractivity (Wildman–Crippen MR) is 102 cm³/mol. The summed E-state index contributed by atoms with van der Waals surface area (Å²) in [6.45, 7) is 11.0. The third kappa shape index (κ3) is 1.84. The maximum atomic E-state index is 14.0. The quantitative estimate of drug-likeness (QED) is 0.551. The Morgan fingerprint density at radius 1 is 1.21 bits per heavy atom. The molecule has 6 aliphatic rings. The van der Waals surface area contributed by atoms with E-state index in [1.54, 1.807) is 0 Å². The van der Waals surface area contributed by atoms with Crippen molar-refractivity contribution in [1.29, 1.82) is 0 Å². The average molecular weight is 386 g/mol. The molecule has 0 N–H and O–H groups in total. The van der Waals surface area contributed by atoms with Crippen LogP contribution in [0.1, 0.15) is 52.9 Å². The molecule has 0 amide bonds. The molecule has 0 aromatic rings. The van der Waals surface area contributed by atoms with Crippen LogP contribution in [0.25, 0.3) is 0 Å². The van der Waals surface area contributed by atoms with Gasteiger partial charge in [-0.1, -0.05) is 27.4 Å². The monoisotopic (exact) mass is 386 g/mol. The fourth-order valence-electron chi connectivity index (χ4n) is 7.68. The maximum absolute atomic E-state index is 14.0. The van der Waals surface area contributed by atoms with Crippen LogP contribution in [0, 0.1) is 34.0 Å². The second-order valence-corrected chi connectivity index (χ2v) is 10.3. The third-order valence-electron chi connectivity index (χ3n) is 8.88. The fraction of sp³-hybridized carbons (Fsp3) is 0.783. The molecule has 2 saturated heterocycles. The molecule has 0 aromatic carbocycles. The number of ether oxygens (including phenoxy) is 2. The van der Waals surface area contributed by atoms with Crippen molar-refractivity contribution < 1.29 is 23.9 Å². The number of rotatable bonds is 3. The Bertz CT molecular complexity index is 797. The first-order valence-corrected chi connectivity index (χ1v) is 10.8. The highest BCUT2D eigenvalue weighted by atomic mass is 16.5. The van der Waals surface area contributed by atoms with Gasteiger partial charge in [0.2, 0.25) is 0 Å². The Labute approximate surface area is 166 Å². The SMILES string of the molecule is C=C1C(=O)[C@]23C[C@H]1CC[C@H]2[C@]12CO[C@H](CC1=O)C(C)(C)[C@H]2[C@H](OCCC)C3=O. The highest BCUT2D eigenvalue weighted by Crippen LogP contribution is 2.71. The molecule has 2 heterocycles. The van der Waals surface area contributed by atoms with Gasteiger partial charge in [-0.25, -0.2) is 0 Å². The van der Waals surface area contributed by atoms with Crippen molar-refractivity contribution in [2.75, 3.05) is 13.2 Å². The molecule has 5 heteroatoms. The van der Waals surface area contributed by atoms with Crippen LogP contribution in [0.4, 0.5) is 0 Å². The second-order valence-electron chi connectivity index (χ2n) is 10.3. The summed E-state index contributed by atoms with van der Waals surface area (Å²) in [4.78, 5) is 41.0. The number of carbonyl (C=O) groups excluding carboxylic acids is 3. The molecule has 0 aromatic heterocycles. The summed E-state index contributed by atoms with van der Waals surface area (Å²) in [5, 5.41) is 0. The molecule has 6 rings (SSSR count). The van der Waals surface area contributed by atoms with Gasteiger partial charge in [0, 0.05) is 18.9 Å². The molecule has 4 aliphatic carbocycles. The van der Waals surface area contributed by atoms with Crippen LogP contribution in [-0.4, -0.2) is 42.8 Å². The van der Waals surface area contributed by atoms with Crippen molar-refractivity contribution in [1.82, 2.24) is 0 Å². The van der Waals surface area contributed by atoms with E-state index in [2.05, 4.69) is 20.4 Å². The van der Waals surface area contributed by atoms with Crippen LogP contribution >= 0.6 is 0 Å². The summed E-state index contributed by atoms with van der Waals surface area (Å²) in [5.74, 6) is -0.470. The molecule has 5 nitrogen and oxygen atoms in total. The zero-order valence-electron chi connectivity index (χ0n) is 17.1. The van der Waals surface area contributed by atoms with E-state index in [-0.39, 0.29) is 46.6 Å². The number of allylic oxidation sites excluding steroid dienone is 1. The molecule has 152 valence electrons. The van der Waals surface area contributed by atoms with E-state index >= 15 is 0 Å². The van der Waals surface area contributed by atoms with Gasteiger partial charge in [-0.2, -0.15) is 0 Å². The minimum Gasteiger partial charge on any atom is -0.376 e. The zero-order chi connectivity index (χ0) is 20.1. The van der Waals surface area contributed by atoms with E-state index in [4.69, 9.17) is 9.47 Å². The van der Waals surface area contributed by atoms with Gasteiger partial charge in [-0.05, 0) is 48.5 Å². The van der Waals surface area contributed by atoms with Crippen LogP contribution in [0.5, 0.6) is 0 Å². The number of hydrogen-bond donors (Lipinski definition) is 0. The Morgan fingerprint density at radius 3 is 2.64 bits per heavy atom. The number of fused-ring (bicyclic) bond motifs is 3. The lowest BCUT2D eigenvalue weighted by Gasteiger charge is -2.68. The summed E-state index contributed by atoms with van der Waals surface area (Å²) >= 11 is 0. The van der Waals surface area contributed by atoms with Crippen LogP contribution in [0.15, 0.2) is 12.2 Å². The molecule has 28 heavy (non-hydrogen) atoms. The van der Waals surface area contributed by atoms with Crippen LogP contribution in [-0.2, 0) is 23.9 Å². The summed E-state index contributed by atoms with van der Waals surface area (Å²) in [6.07, 6.45) is 2.32. The Hall–Kier alpha value is -1.33. The van der Waals surface area contributed by atoms with E-state index in [9.17, 15) is 14.4 Å². The summed E-state index contributed by atoms with van der Waals surface area (Å²) in [7, 11) is 0. The topological polar surface area (TPSA) is 69.7 Å². The molecule has 7 atom stereocenters. The first-order valence-electron chi connectivity index (χ1n) is 10.8. The lowest BCUT2D eigenvalue weighted by atomic mass is 9.37. The minimum absolute atomic E-state index is 0.0661. The number of hydrogen-bond acceptors (Lipinski definition) is 5. The molecule has 2 spiro atoms. The normalized spacial score (nSPS) is 48.6. The average Bonchev–Trinajstić information content (AvgIpc) is 2.85. The van der Waals surface area contributed by atoms with E-state index in [1.807, 2.05) is 6.92 Å². The van der Waals surface area contributed by atoms with Crippen molar-refractivity contribution in [3.63, 3.8) is 0 Å².